The molecule has 1 amide bonds. The van der Waals surface area contributed by atoms with Crippen LogP contribution in [0, 0.1) is 13.8 Å². The predicted molar refractivity (Wildman–Crippen MR) is 102 cm³/mol. The van der Waals surface area contributed by atoms with Gasteiger partial charge >= 0.3 is 0 Å². The Morgan fingerprint density at radius 1 is 1.36 bits per heavy atom. The van der Waals surface area contributed by atoms with Crippen molar-refractivity contribution in [3.05, 3.63) is 63.1 Å². The summed E-state index contributed by atoms with van der Waals surface area (Å²) in [6.45, 7) is 4.35. The lowest BCUT2D eigenvalue weighted by Crippen LogP contribution is -2.07. The summed E-state index contributed by atoms with van der Waals surface area (Å²) in [5.41, 5.74) is 1.80. The van der Waals surface area contributed by atoms with Gasteiger partial charge in [0.1, 0.15) is 12.4 Å². The number of amides is 1. The molecule has 0 aliphatic carbocycles. The zero-order valence-electron chi connectivity index (χ0n) is 13.9. The number of anilines is 1. The first kappa shape index (κ1) is 17.3. The highest BCUT2D eigenvalue weighted by Crippen LogP contribution is 2.18. The second-order valence-electron chi connectivity index (χ2n) is 5.32. The van der Waals surface area contributed by atoms with Gasteiger partial charge in [-0.2, -0.15) is 0 Å². The molecule has 0 fully saturated rings. The molecule has 0 aliphatic heterocycles. The molecule has 1 N–H and O–H groups in total. The fraction of sp³-hybridized carbons (Fsp3) is 0.167. The lowest BCUT2D eigenvalue weighted by molar-refractivity contribution is -0.111. The molecule has 0 radical (unpaired) electrons. The van der Waals surface area contributed by atoms with E-state index in [1.807, 2.05) is 43.5 Å². The van der Waals surface area contributed by atoms with Crippen molar-refractivity contribution in [2.24, 2.45) is 0 Å². The van der Waals surface area contributed by atoms with E-state index in [4.69, 9.17) is 4.74 Å². The number of rotatable bonds is 6. The van der Waals surface area contributed by atoms with Gasteiger partial charge in [0, 0.05) is 22.5 Å². The quantitative estimate of drug-likeness (QED) is 0.650. The molecule has 3 aromatic rings. The van der Waals surface area contributed by atoms with Gasteiger partial charge in [0.25, 0.3) is 0 Å². The predicted octanol–water partition coefficient (Wildman–Crippen LogP) is 4.45. The minimum atomic E-state index is -0.210. The lowest BCUT2D eigenvalue weighted by atomic mass is 10.2. The first-order chi connectivity index (χ1) is 12.1. The molecule has 3 rings (SSSR count). The molecule has 0 unspecified atom stereocenters. The number of carbonyl (C=O) groups is 1. The average molecular weight is 371 g/mol. The number of benzene rings is 1. The highest BCUT2D eigenvalue weighted by molar-refractivity contribution is 7.15. The number of nitrogens with one attached hydrogen (secondary N) is 1. The van der Waals surface area contributed by atoms with Gasteiger partial charge in [0.15, 0.2) is 5.13 Å². The van der Waals surface area contributed by atoms with Crippen LogP contribution in [0.3, 0.4) is 0 Å². The van der Waals surface area contributed by atoms with Crippen LogP contribution in [-0.4, -0.2) is 15.9 Å². The van der Waals surface area contributed by atoms with Gasteiger partial charge in [0.05, 0.1) is 10.7 Å². The van der Waals surface area contributed by atoms with Crippen molar-refractivity contribution < 1.29 is 9.53 Å². The third-order valence-electron chi connectivity index (χ3n) is 3.19. The summed E-state index contributed by atoms with van der Waals surface area (Å²) >= 11 is 3.05. The van der Waals surface area contributed by atoms with Crippen molar-refractivity contribution >= 4 is 39.8 Å². The monoisotopic (exact) mass is 371 g/mol. The fourth-order valence-electron chi connectivity index (χ4n) is 2.07. The molecule has 0 bridgehead atoms. The number of aromatic nitrogens is 2. The average Bonchev–Trinajstić information content (AvgIpc) is 3.19. The first-order valence-electron chi connectivity index (χ1n) is 7.64. The van der Waals surface area contributed by atoms with E-state index in [0.29, 0.717) is 11.7 Å². The van der Waals surface area contributed by atoms with Crippen LogP contribution in [0.1, 0.15) is 21.1 Å². The fourth-order valence-corrected chi connectivity index (χ4v) is 3.34. The van der Waals surface area contributed by atoms with E-state index < -0.39 is 0 Å². The number of thiazole rings is 2. The molecular weight excluding hydrogens is 354 g/mol. The number of nitrogens with zero attached hydrogens (tertiary/aromatic N) is 2. The van der Waals surface area contributed by atoms with Gasteiger partial charge in [-0.05, 0) is 37.6 Å². The van der Waals surface area contributed by atoms with E-state index in [1.165, 1.54) is 17.4 Å². The second-order valence-corrected chi connectivity index (χ2v) is 7.61. The van der Waals surface area contributed by atoms with Gasteiger partial charge in [-0.1, -0.05) is 12.1 Å². The Kier molecular flexibility index (Phi) is 5.57. The summed E-state index contributed by atoms with van der Waals surface area (Å²) in [5.74, 6) is 0.530. The van der Waals surface area contributed by atoms with Gasteiger partial charge in [0.2, 0.25) is 5.91 Å². The SMILES string of the molecule is Cc1cnc(NC(=O)C=Cc2cccc(OCc3csc(C)n3)c2)s1. The third-order valence-corrected chi connectivity index (χ3v) is 4.84. The van der Waals surface area contributed by atoms with Crippen LogP contribution >= 0.6 is 22.7 Å². The Labute approximate surface area is 154 Å². The maximum absolute atomic E-state index is 11.9. The highest BCUT2D eigenvalue weighted by Gasteiger charge is 2.03. The maximum atomic E-state index is 11.9. The van der Waals surface area contributed by atoms with Crippen LogP contribution < -0.4 is 10.1 Å². The zero-order chi connectivity index (χ0) is 17.6. The summed E-state index contributed by atoms with van der Waals surface area (Å²) in [6.07, 6.45) is 4.96. The lowest BCUT2D eigenvalue weighted by Gasteiger charge is -2.05. The van der Waals surface area contributed by atoms with Gasteiger partial charge in [-0.15, -0.1) is 22.7 Å². The van der Waals surface area contributed by atoms with Gasteiger partial charge in [-0.3, -0.25) is 10.1 Å². The standard InChI is InChI=1S/C18H17N3O2S2/c1-12-9-19-18(25-12)21-17(22)7-6-14-4-3-5-16(8-14)23-10-15-11-24-13(2)20-15/h3-9,11H,10H2,1-2H3,(H,19,21,22). The topological polar surface area (TPSA) is 64.1 Å². The highest BCUT2D eigenvalue weighted by atomic mass is 32.1. The maximum Gasteiger partial charge on any atom is 0.250 e. The summed E-state index contributed by atoms with van der Waals surface area (Å²) in [4.78, 5) is 21.5. The Morgan fingerprint density at radius 3 is 2.96 bits per heavy atom. The summed E-state index contributed by atoms with van der Waals surface area (Å²) in [5, 5.41) is 6.35. The number of ether oxygens (including phenoxy) is 1. The second kappa shape index (κ2) is 8.04. The first-order valence-corrected chi connectivity index (χ1v) is 9.33. The molecular formula is C18H17N3O2S2. The number of hydrogen-bond donors (Lipinski definition) is 1. The normalized spacial score (nSPS) is 11.0. The van der Waals surface area contributed by atoms with E-state index in [2.05, 4.69) is 15.3 Å². The van der Waals surface area contributed by atoms with E-state index >= 15 is 0 Å². The van der Waals surface area contributed by atoms with Crippen LogP contribution in [0.4, 0.5) is 5.13 Å². The number of carbonyl (C=O) groups excluding carboxylic acids is 1. The minimum Gasteiger partial charge on any atom is -0.487 e. The largest absolute Gasteiger partial charge is 0.487 e. The van der Waals surface area contributed by atoms with Crippen LogP contribution in [0.2, 0.25) is 0 Å². The molecule has 0 aliphatic rings. The molecule has 5 nitrogen and oxygen atoms in total. The molecule has 2 heterocycles. The minimum absolute atomic E-state index is 0.210. The Bertz CT molecular complexity index is 899. The van der Waals surface area contributed by atoms with Gasteiger partial charge in [-0.25, -0.2) is 9.97 Å². The molecule has 0 spiro atoms. The summed E-state index contributed by atoms with van der Waals surface area (Å²) in [7, 11) is 0. The van der Waals surface area contributed by atoms with E-state index in [1.54, 1.807) is 23.6 Å². The molecule has 0 atom stereocenters. The Morgan fingerprint density at radius 2 is 2.24 bits per heavy atom. The molecule has 25 heavy (non-hydrogen) atoms. The van der Waals surface area contributed by atoms with E-state index in [-0.39, 0.29) is 5.91 Å². The zero-order valence-corrected chi connectivity index (χ0v) is 15.5. The molecule has 128 valence electrons. The molecule has 7 heteroatoms. The van der Waals surface area contributed by atoms with E-state index in [0.717, 1.165) is 26.9 Å². The molecule has 0 saturated carbocycles. The van der Waals surface area contributed by atoms with E-state index in [9.17, 15) is 4.79 Å². The van der Waals surface area contributed by atoms with Crippen molar-refractivity contribution in [1.29, 1.82) is 0 Å². The van der Waals surface area contributed by atoms with Gasteiger partial charge < -0.3 is 4.74 Å². The molecule has 1 aromatic carbocycles. The van der Waals surface area contributed by atoms with Crippen LogP contribution in [0.5, 0.6) is 5.75 Å². The molecule has 2 aromatic heterocycles. The van der Waals surface area contributed by atoms with Crippen LogP contribution in [0.15, 0.2) is 41.9 Å². The Hall–Kier alpha value is -2.51. The Balaban J connectivity index is 1.57. The van der Waals surface area contributed by atoms with Crippen LogP contribution in [0.25, 0.3) is 6.08 Å². The van der Waals surface area contributed by atoms with Crippen molar-refractivity contribution in [2.45, 2.75) is 20.5 Å². The van der Waals surface area contributed by atoms with Crippen molar-refractivity contribution in [1.82, 2.24) is 9.97 Å². The van der Waals surface area contributed by atoms with Crippen molar-refractivity contribution in [2.75, 3.05) is 5.32 Å². The van der Waals surface area contributed by atoms with Crippen LogP contribution in [-0.2, 0) is 11.4 Å². The number of hydrogen-bond acceptors (Lipinski definition) is 6. The third kappa shape index (κ3) is 5.23. The van der Waals surface area contributed by atoms with Crippen molar-refractivity contribution in [3.63, 3.8) is 0 Å². The molecule has 0 saturated heterocycles. The summed E-state index contributed by atoms with van der Waals surface area (Å²) < 4.78 is 5.75. The van der Waals surface area contributed by atoms with Crippen molar-refractivity contribution in [3.8, 4) is 5.75 Å². The smallest absolute Gasteiger partial charge is 0.250 e. The number of aryl methyl sites for hydroxylation is 2. The summed E-state index contributed by atoms with van der Waals surface area (Å²) in [6, 6.07) is 7.58.